The lowest BCUT2D eigenvalue weighted by Gasteiger charge is -2.45. The number of furan rings is 1. The number of fused-ring (bicyclic) bond motifs is 1. The van der Waals surface area contributed by atoms with Gasteiger partial charge in [-0.1, -0.05) is 50.6 Å². The third-order valence-corrected chi connectivity index (χ3v) is 9.05. The van der Waals surface area contributed by atoms with Gasteiger partial charge in [-0.05, 0) is 67.6 Å². The van der Waals surface area contributed by atoms with Crippen LogP contribution in [0.5, 0.6) is 5.75 Å². The highest BCUT2D eigenvalue weighted by atomic mass is 35.5. The minimum Gasteiger partial charge on any atom is -0.497 e. The lowest BCUT2D eigenvalue weighted by Crippen LogP contribution is -2.64. The Labute approximate surface area is 273 Å². The molecule has 0 spiro atoms. The molecule has 0 N–H and O–H groups in total. The maximum absolute atomic E-state index is 14.0. The van der Waals surface area contributed by atoms with E-state index in [9.17, 15) is 9.59 Å². The minimum atomic E-state index is -1.13. The fourth-order valence-electron chi connectivity index (χ4n) is 5.89. The number of aryl methyl sites for hydroxylation is 1. The van der Waals surface area contributed by atoms with Gasteiger partial charge in [-0.3, -0.25) is 14.3 Å². The van der Waals surface area contributed by atoms with E-state index in [1.807, 2.05) is 61.7 Å². The summed E-state index contributed by atoms with van der Waals surface area (Å²) in [7, 11) is 1.64. The monoisotopic (exact) mass is 639 g/mol. The number of ether oxygens (including phenoxy) is 1. The number of pyridine rings is 1. The van der Waals surface area contributed by atoms with Crippen LogP contribution in [-0.2, 0) is 16.8 Å². The molecule has 0 radical (unpaired) electrons. The average molecular weight is 640 g/mol. The molecule has 46 heavy (non-hydrogen) atoms. The van der Waals surface area contributed by atoms with E-state index in [4.69, 9.17) is 25.7 Å². The predicted molar refractivity (Wildman–Crippen MR) is 180 cm³/mol. The largest absolute Gasteiger partial charge is 0.497 e. The molecular weight excluding hydrogens is 602 g/mol. The summed E-state index contributed by atoms with van der Waals surface area (Å²) < 4.78 is 13.3. The van der Waals surface area contributed by atoms with Gasteiger partial charge < -0.3 is 19.0 Å². The summed E-state index contributed by atoms with van der Waals surface area (Å²) in [5.41, 5.74) is 5.08. The summed E-state index contributed by atoms with van der Waals surface area (Å²) in [5.74, 6) is 0.395. The van der Waals surface area contributed by atoms with Gasteiger partial charge in [0.1, 0.15) is 16.8 Å². The molecule has 10 heteroatoms. The van der Waals surface area contributed by atoms with E-state index in [-0.39, 0.29) is 23.0 Å². The zero-order chi connectivity index (χ0) is 33.0. The second kappa shape index (κ2) is 11.6. The summed E-state index contributed by atoms with van der Waals surface area (Å²) in [6.45, 7) is 13.0. The third-order valence-electron chi connectivity index (χ3n) is 8.62. The van der Waals surface area contributed by atoms with Crippen molar-refractivity contribution in [1.29, 1.82) is 0 Å². The molecule has 1 saturated heterocycles. The second-order valence-electron chi connectivity index (χ2n) is 13.3. The van der Waals surface area contributed by atoms with Gasteiger partial charge in [-0.25, -0.2) is 4.98 Å². The molecule has 9 nitrogen and oxygen atoms in total. The van der Waals surface area contributed by atoms with E-state index in [1.54, 1.807) is 47.7 Å². The van der Waals surface area contributed by atoms with Crippen LogP contribution in [0.25, 0.3) is 22.4 Å². The van der Waals surface area contributed by atoms with Gasteiger partial charge in [0.05, 0.1) is 31.2 Å². The van der Waals surface area contributed by atoms with E-state index in [1.165, 1.54) is 0 Å². The number of methoxy groups -OCH3 is 1. The molecule has 2 aromatic carbocycles. The molecule has 1 aliphatic rings. The number of benzene rings is 2. The van der Waals surface area contributed by atoms with Crippen molar-refractivity contribution in [3.8, 4) is 17.0 Å². The first-order valence-electron chi connectivity index (χ1n) is 15.3. The van der Waals surface area contributed by atoms with Crippen LogP contribution >= 0.6 is 11.6 Å². The predicted octanol–water partition coefficient (Wildman–Crippen LogP) is 7.28. The molecule has 0 unspecified atom stereocenters. The highest BCUT2D eigenvalue weighted by Crippen LogP contribution is 2.36. The number of rotatable bonds is 6. The summed E-state index contributed by atoms with van der Waals surface area (Å²) in [6.07, 6.45) is 3.54. The van der Waals surface area contributed by atoms with Crippen molar-refractivity contribution in [2.24, 2.45) is 0 Å². The van der Waals surface area contributed by atoms with Crippen LogP contribution in [0.1, 0.15) is 61.9 Å². The normalized spacial score (nSPS) is 15.1. The van der Waals surface area contributed by atoms with Crippen LogP contribution in [0, 0.1) is 6.92 Å². The number of piperazine rings is 1. The van der Waals surface area contributed by atoms with Crippen LogP contribution in [0.3, 0.4) is 0 Å². The molecule has 4 heterocycles. The van der Waals surface area contributed by atoms with Gasteiger partial charge in [0, 0.05) is 41.5 Å². The highest BCUT2D eigenvalue weighted by molar-refractivity contribution is 6.31. The van der Waals surface area contributed by atoms with Crippen LogP contribution in [-0.4, -0.2) is 57.2 Å². The molecule has 0 saturated carbocycles. The van der Waals surface area contributed by atoms with E-state index in [0.717, 1.165) is 33.7 Å². The second-order valence-corrected chi connectivity index (χ2v) is 13.7. The lowest BCUT2D eigenvalue weighted by atomic mass is 9.86. The number of hydrogen-bond acceptors (Lipinski definition) is 6. The molecular formula is C36H38ClN5O4. The highest BCUT2D eigenvalue weighted by Gasteiger charge is 2.46. The molecule has 1 fully saturated rings. The molecule has 0 aliphatic carbocycles. The van der Waals surface area contributed by atoms with Crippen molar-refractivity contribution in [1.82, 2.24) is 19.7 Å². The summed E-state index contributed by atoms with van der Waals surface area (Å²) in [6, 6.07) is 17.3. The minimum absolute atomic E-state index is 0.152. The SMILES string of the molecule is COc1ccc(Cn2cc(N3CCN(C(=O)c4cc5nc(-c6ccc(Cl)c(C)c6)cc(C(C)(C)C)c5o4)C(C)(C)C3=O)cn2)cc1. The molecule has 3 aromatic heterocycles. The number of anilines is 1. The summed E-state index contributed by atoms with van der Waals surface area (Å²) >= 11 is 6.28. The maximum atomic E-state index is 14.0. The molecule has 0 bridgehead atoms. The van der Waals surface area contributed by atoms with Gasteiger partial charge in [-0.2, -0.15) is 5.10 Å². The Kier molecular flexibility index (Phi) is 7.92. The van der Waals surface area contributed by atoms with Crippen LogP contribution in [0.15, 0.2) is 71.4 Å². The molecule has 5 aromatic rings. The van der Waals surface area contributed by atoms with Gasteiger partial charge in [0.25, 0.3) is 11.8 Å². The number of nitrogens with zero attached hydrogens (tertiary/aromatic N) is 5. The first kappa shape index (κ1) is 31.4. The quantitative estimate of drug-likeness (QED) is 0.194. The standard InChI is InChI=1S/C36H38ClN5O4/c1-22-16-24(10-13-28(22)37)29-17-27(35(2,3)4)32-30(39-29)18-31(46-32)33(43)42-15-14-41(34(44)36(42,5)6)25-19-38-40(21-25)20-23-8-11-26(45-7)12-9-23/h8-13,16-19,21H,14-15,20H2,1-7H3. The third kappa shape index (κ3) is 5.75. The molecule has 6 rings (SSSR count). The Morgan fingerprint density at radius 3 is 2.48 bits per heavy atom. The zero-order valence-corrected chi connectivity index (χ0v) is 28.0. The average Bonchev–Trinajstić information content (AvgIpc) is 3.66. The Hall–Kier alpha value is -4.63. The molecule has 1 aliphatic heterocycles. The zero-order valence-electron chi connectivity index (χ0n) is 27.2. The van der Waals surface area contributed by atoms with Crippen LogP contribution in [0.2, 0.25) is 5.02 Å². The Bertz CT molecular complexity index is 1950. The van der Waals surface area contributed by atoms with Gasteiger partial charge in [-0.15, -0.1) is 0 Å². The van der Waals surface area contributed by atoms with E-state index in [0.29, 0.717) is 41.4 Å². The fraction of sp³-hybridized carbons (Fsp3) is 0.333. The van der Waals surface area contributed by atoms with Crippen molar-refractivity contribution in [2.75, 3.05) is 25.1 Å². The molecule has 238 valence electrons. The Morgan fingerprint density at radius 2 is 1.80 bits per heavy atom. The van der Waals surface area contributed by atoms with Crippen LogP contribution < -0.4 is 9.64 Å². The van der Waals surface area contributed by atoms with E-state index >= 15 is 0 Å². The first-order chi connectivity index (χ1) is 21.8. The van der Waals surface area contributed by atoms with Crippen molar-refractivity contribution >= 4 is 40.2 Å². The number of carbonyl (C=O) groups is 2. The Balaban J connectivity index is 1.26. The number of halogens is 1. The van der Waals surface area contributed by atoms with E-state index in [2.05, 4.69) is 25.9 Å². The number of amides is 2. The summed E-state index contributed by atoms with van der Waals surface area (Å²) in [4.78, 5) is 36.1. The Morgan fingerprint density at radius 1 is 1.07 bits per heavy atom. The molecule has 0 atom stereocenters. The van der Waals surface area contributed by atoms with Gasteiger partial charge in [0.15, 0.2) is 11.3 Å². The van der Waals surface area contributed by atoms with Gasteiger partial charge in [0.2, 0.25) is 0 Å². The van der Waals surface area contributed by atoms with Crippen molar-refractivity contribution < 1.29 is 18.7 Å². The first-order valence-corrected chi connectivity index (χ1v) is 15.6. The maximum Gasteiger partial charge on any atom is 0.290 e. The number of hydrogen-bond donors (Lipinski definition) is 0. The summed E-state index contributed by atoms with van der Waals surface area (Å²) in [5, 5.41) is 5.18. The molecule has 2 amide bonds. The number of carbonyl (C=O) groups excluding carboxylic acids is 2. The lowest BCUT2D eigenvalue weighted by molar-refractivity contribution is -0.129. The van der Waals surface area contributed by atoms with Crippen molar-refractivity contribution in [2.45, 2.75) is 59.0 Å². The van der Waals surface area contributed by atoms with Gasteiger partial charge >= 0.3 is 0 Å². The topological polar surface area (TPSA) is 93.7 Å². The van der Waals surface area contributed by atoms with Crippen LogP contribution in [0.4, 0.5) is 5.69 Å². The fourth-order valence-corrected chi connectivity index (χ4v) is 6.01. The smallest absolute Gasteiger partial charge is 0.290 e. The number of aromatic nitrogens is 3. The van der Waals surface area contributed by atoms with Crippen molar-refractivity contribution in [3.05, 3.63) is 94.5 Å². The van der Waals surface area contributed by atoms with Crippen molar-refractivity contribution in [3.63, 3.8) is 0 Å². The van der Waals surface area contributed by atoms with E-state index < -0.39 is 5.54 Å².